The zero-order chi connectivity index (χ0) is 13.3. The van der Waals surface area contributed by atoms with E-state index in [1.807, 2.05) is 0 Å². The van der Waals surface area contributed by atoms with Gasteiger partial charge in [0.25, 0.3) is 0 Å². The SMILES string of the molecule is O=Cc1nnn(-c2cccc(Cl)c2)c1C(F)(F)F. The Bertz CT molecular complexity index is 594. The number of hydrogen-bond acceptors (Lipinski definition) is 3. The molecule has 0 spiro atoms. The van der Waals surface area contributed by atoms with Crippen molar-refractivity contribution in [2.75, 3.05) is 0 Å². The van der Waals surface area contributed by atoms with Crippen LogP contribution in [0.2, 0.25) is 5.02 Å². The van der Waals surface area contributed by atoms with Crippen molar-refractivity contribution in [3.63, 3.8) is 0 Å². The normalized spacial score (nSPS) is 11.6. The zero-order valence-electron chi connectivity index (χ0n) is 8.65. The molecule has 1 aromatic carbocycles. The van der Waals surface area contributed by atoms with Gasteiger partial charge in [0, 0.05) is 5.02 Å². The number of halogens is 4. The fourth-order valence-electron chi connectivity index (χ4n) is 1.43. The summed E-state index contributed by atoms with van der Waals surface area (Å²) in [5, 5.41) is 6.76. The number of aldehydes is 1. The monoisotopic (exact) mass is 275 g/mol. The van der Waals surface area contributed by atoms with Crippen LogP contribution in [0, 0.1) is 0 Å². The van der Waals surface area contributed by atoms with Crippen LogP contribution in [0.5, 0.6) is 0 Å². The highest BCUT2D eigenvalue weighted by Crippen LogP contribution is 2.32. The summed E-state index contributed by atoms with van der Waals surface area (Å²) in [5.41, 5.74) is -1.90. The van der Waals surface area contributed by atoms with Crippen LogP contribution >= 0.6 is 11.6 Å². The van der Waals surface area contributed by atoms with Gasteiger partial charge in [-0.3, -0.25) is 4.79 Å². The first-order valence-corrected chi connectivity index (χ1v) is 5.05. The number of carbonyl (C=O) groups is 1. The van der Waals surface area contributed by atoms with Gasteiger partial charge in [-0.15, -0.1) is 5.10 Å². The Hall–Kier alpha value is -1.89. The van der Waals surface area contributed by atoms with Crippen LogP contribution in [-0.2, 0) is 6.18 Å². The lowest BCUT2D eigenvalue weighted by Crippen LogP contribution is -2.15. The third kappa shape index (κ3) is 2.21. The largest absolute Gasteiger partial charge is 0.435 e. The molecule has 0 atom stereocenters. The first-order chi connectivity index (χ1) is 8.43. The molecule has 1 aromatic heterocycles. The lowest BCUT2D eigenvalue weighted by Gasteiger charge is -2.09. The maximum Gasteiger partial charge on any atom is 0.435 e. The van der Waals surface area contributed by atoms with Crippen LogP contribution in [0.15, 0.2) is 24.3 Å². The molecule has 0 fully saturated rings. The topological polar surface area (TPSA) is 47.8 Å². The zero-order valence-corrected chi connectivity index (χ0v) is 9.40. The van der Waals surface area contributed by atoms with Crippen LogP contribution < -0.4 is 0 Å². The highest BCUT2D eigenvalue weighted by molar-refractivity contribution is 6.30. The Balaban J connectivity index is 2.65. The van der Waals surface area contributed by atoms with Crippen molar-refractivity contribution in [3.8, 4) is 5.69 Å². The minimum atomic E-state index is -4.73. The fraction of sp³-hybridized carbons (Fsp3) is 0.100. The van der Waals surface area contributed by atoms with E-state index in [4.69, 9.17) is 11.6 Å². The summed E-state index contributed by atoms with van der Waals surface area (Å²) in [6.07, 6.45) is -4.72. The van der Waals surface area contributed by atoms with Gasteiger partial charge in [-0.2, -0.15) is 13.2 Å². The summed E-state index contributed by atoms with van der Waals surface area (Å²) in [4.78, 5) is 10.5. The van der Waals surface area contributed by atoms with E-state index in [2.05, 4.69) is 10.3 Å². The second kappa shape index (κ2) is 4.41. The van der Waals surface area contributed by atoms with Crippen molar-refractivity contribution in [1.82, 2.24) is 15.0 Å². The van der Waals surface area contributed by atoms with Crippen LogP contribution in [0.25, 0.3) is 5.69 Å². The highest BCUT2D eigenvalue weighted by atomic mass is 35.5. The fourth-order valence-corrected chi connectivity index (χ4v) is 1.61. The van der Waals surface area contributed by atoms with E-state index >= 15 is 0 Å². The summed E-state index contributed by atoms with van der Waals surface area (Å²) < 4.78 is 39.0. The Kier molecular flexibility index (Phi) is 3.08. The predicted molar refractivity (Wildman–Crippen MR) is 56.8 cm³/mol. The standard InChI is InChI=1S/C10H5ClF3N3O/c11-6-2-1-3-7(4-6)17-9(10(12,13)14)8(5-18)15-16-17/h1-5H. The second-order valence-corrected chi connectivity index (χ2v) is 3.77. The first kappa shape index (κ1) is 12.6. The average molecular weight is 276 g/mol. The average Bonchev–Trinajstić information content (AvgIpc) is 2.72. The number of hydrogen-bond donors (Lipinski definition) is 0. The van der Waals surface area contributed by atoms with Crippen molar-refractivity contribution >= 4 is 17.9 Å². The molecule has 0 aliphatic carbocycles. The lowest BCUT2D eigenvalue weighted by atomic mass is 10.3. The van der Waals surface area contributed by atoms with Gasteiger partial charge in [-0.05, 0) is 18.2 Å². The molecule has 0 bridgehead atoms. The Morgan fingerprint density at radius 3 is 2.61 bits per heavy atom. The van der Waals surface area contributed by atoms with Crippen molar-refractivity contribution in [1.29, 1.82) is 0 Å². The van der Waals surface area contributed by atoms with Crippen molar-refractivity contribution < 1.29 is 18.0 Å². The molecule has 0 N–H and O–H groups in total. The van der Waals surface area contributed by atoms with Crippen LogP contribution in [-0.4, -0.2) is 21.3 Å². The van der Waals surface area contributed by atoms with Gasteiger partial charge in [-0.1, -0.05) is 22.9 Å². The van der Waals surface area contributed by atoms with Gasteiger partial charge in [0.1, 0.15) is 0 Å². The van der Waals surface area contributed by atoms with E-state index in [1.165, 1.54) is 24.3 Å². The Morgan fingerprint density at radius 2 is 2.06 bits per heavy atom. The smallest absolute Gasteiger partial charge is 0.296 e. The number of rotatable bonds is 2. The maximum absolute atomic E-state index is 12.8. The molecule has 18 heavy (non-hydrogen) atoms. The molecule has 0 aliphatic rings. The van der Waals surface area contributed by atoms with Crippen LogP contribution in [0.3, 0.4) is 0 Å². The van der Waals surface area contributed by atoms with E-state index in [-0.39, 0.29) is 17.0 Å². The van der Waals surface area contributed by atoms with Crippen LogP contribution in [0.1, 0.15) is 16.2 Å². The summed E-state index contributed by atoms with van der Waals surface area (Å²) in [7, 11) is 0. The molecule has 0 unspecified atom stereocenters. The first-order valence-electron chi connectivity index (χ1n) is 4.67. The molecule has 2 aromatic rings. The molecule has 2 rings (SSSR count). The van der Waals surface area contributed by atoms with Gasteiger partial charge in [0.05, 0.1) is 5.69 Å². The molecule has 0 amide bonds. The molecular weight excluding hydrogens is 271 g/mol. The van der Waals surface area contributed by atoms with Crippen molar-refractivity contribution in [3.05, 3.63) is 40.7 Å². The molecule has 0 radical (unpaired) electrons. The van der Waals surface area contributed by atoms with Crippen LogP contribution in [0.4, 0.5) is 13.2 Å². The van der Waals surface area contributed by atoms with Crippen molar-refractivity contribution in [2.24, 2.45) is 0 Å². The second-order valence-electron chi connectivity index (χ2n) is 3.33. The Labute approximate surface area is 104 Å². The van der Waals surface area contributed by atoms with E-state index in [0.29, 0.717) is 4.68 Å². The summed E-state index contributed by atoms with van der Waals surface area (Å²) in [6, 6.07) is 5.65. The van der Waals surface area contributed by atoms with Gasteiger partial charge in [0.15, 0.2) is 17.7 Å². The lowest BCUT2D eigenvalue weighted by molar-refractivity contribution is -0.143. The number of alkyl halides is 3. The predicted octanol–water partition coefficient (Wildman–Crippen LogP) is 2.75. The Morgan fingerprint density at radius 1 is 1.33 bits per heavy atom. The van der Waals surface area contributed by atoms with E-state index in [9.17, 15) is 18.0 Å². The summed E-state index contributed by atoms with van der Waals surface area (Å²) >= 11 is 5.69. The minimum Gasteiger partial charge on any atom is -0.296 e. The summed E-state index contributed by atoms with van der Waals surface area (Å²) in [6.45, 7) is 0. The van der Waals surface area contributed by atoms with Crippen molar-refractivity contribution in [2.45, 2.75) is 6.18 Å². The maximum atomic E-state index is 12.8. The highest BCUT2D eigenvalue weighted by Gasteiger charge is 2.39. The van der Waals surface area contributed by atoms with Gasteiger partial charge in [0.2, 0.25) is 0 Å². The number of nitrogens with zero attached hydrogens (tertiary/aromatic N) is 3. The number of benzene rings is 1. The molecule has 94 valence electrons. The molecule has 4 nitrogen and oxygen atoms in total. The third-order valence-electron chi connectivity index (χ3n) is 2.13. The minimum absolute atomic E-state index is 0.0108. The molecular formula is C10H5ClF3N3O. The van der Waals surface area contributed by atoms with E-state index in [1.54, 1.807) is 0 Å². The molecule has 1 heterocycles. The number of carbonyl (C=O) groups excluding carboxylic acids is 1. The summed E-state index contributed by atoms with van der Waals surface area (Å²) in [5.74, 6) is 0. The molecule has 0 aliphatic heterocycles. The van der Waals surface area contributed by atoms with Gasteiger partial charge < -0.3 is 0 Å². The molecule has 0 saturated heterocycles. The number of aromatic nitrogens is 3. The van der Waals surface area contributed by atoms with E-state index < -0.39 is 17.6 Å². The van der Waals surface area contributed by atoms with Gasteiger partial charge in [-0.25, -0.2) is 4.68 Å². The third-order valence-corrected chi connectivity index (χ3v) is 2.36. The van der Waals surface area contributed by atoms with Gasteiger partial charge >= 0.3 is 6.18 Å². The van der Waals surface area contributed by atoms with E-state index in [0.717, 1.165) is 0 Å². The quantitative estimate of drug-likeness (QED) is 0.792. The molecule has 8 heteroatoms. The molecule has 0 saturated carbocycles.